The average molecular weight is 372 g/mol. The fourth-order valence-electron chi connectivity index (χ4n) is 3.14. The molecule has 1 aliphatic rings. The maximum atomic E-state index is 12.6. The van der Waals surface area contributed by atoms with Crippen LogP contribution in [0.4, 0.5) is 5.69 Å². The SMILES string of the molecule is C=C(C)CC(=C)NC(=S)Nc1cc(C(=O)NC2CCCCC2)ccc1C. The molecule has 0 bridgehead atoms. The van der Waals surface area contributed by atoms with E-state index >= 15 is 0 Å². The minimum absolute atomic E-state index is 0.0227. The molecule has 0 aliphatic heterocycles. The van der Waals surface area contributed by atoms with Gasteiger partial charge in [-0.25, -0.2) is 0 Å². The van der Waals surface area contributed by atoms with Gasteiger partial charge in [0, 0.05) is 29.4 Å². The van der Waals surface area contributed by atoms with E-state index in [2.05, 4.69) is 29.1 Å². The molecule has 1 aromatic rings. The van der Waals surface area contributed by atoms with Gasteiger partial charge in [-0.1, -0.05) is 44.1 Å². The topological polar surface area (TPSA) is 53.2 Å². The largest absolute Gasteiger partial charge is 0.349 e. The van der Waals surface area contributed by atoms with E-state index in [9.17, 15) is 4.79 Å². The van der Waals surface area contributed by atoms with Crippen molar-refractivity contribution in [2.75, 3.05) is 5.32 Å². The number of allylic oxidation sites excluding steroid dienone is 1. The van der Waals surface area contributed by atoms with Crippen LogP contribution in [0.15, 0.2) is 42.6 Å². The maximum absolute atomic E-state index is 12.6. The Kier molecular flexibility index (Phi) is 7.39. The molecule has 0 unspecified atom stereocenters. The highest BCUT2D eigenvalue weighted by Gasteiger charge is 2.17. The van der Waals surface area contributed by atoms with Crippen molar-refractivity contribution in [1.82, 2.24) is 10.6 Å². The van der Waals surface area contributed by atoms with E-state index < -0.39 is 0 Å². The predicted octanol–water partition coefficient (Wildman–Crippen LogP) is 4.82. The van der Waals surface area contributed by atoms with Crippen LogP contribution >= 0.6 is 12.2 Å². The van der Waals surface area contributed by atoms with Gasteiger partial charge in [0.1, 0.15) is 0 Å². The summed E-state index contributed by atoms with van der Waals surface area (Å²) in [6.45, 7) is 11.7. The molecular formula is C21H29N3OS. The molecule has 26 heavy (non-hydrogen) atoms. The highest BCUT2D eigenvalue weighted by Crippen LogP contribution is 2.20. The van der Waals surface area contributed by atoms with Gasteiger partial charge in [0.15, 0.2) is 5.11 Å². The minimum atomic E-state index is -0.0227. The molecule has 0 saturated heterocycles. The van der Waals surface area contributed by atoms with Crippen molar-refractivity contribution in [1.29, 1.82) is 0 Å². The zero-order valence-corrected chi connectivity index (χ0v) is 16.6. The summed E-state index contributed by atoms with van der Waals surface area (Å²) in [7, 11) is 0. The van der Waals surface area contributed by atoms with E-state index in [1.807, 2.05) is 32.0 Å². The van der Waals surface area contributed by atoms with Crippen LogP contribution in [0.3, 0.4) is 0 Å². The van der Waals surface area contributed by atoms with Gasteiger partial charge in [-0.3, -0.25) is 4.79 Å². The summed E-state index contributed by atoms with van der Waals surface area (Å²) in [6.07, 6.45) is 6.47. The molecule has 1 fully saturated rings. The molecule has 0 aromatic heterocycles. The molecule has 1 amide bonds. The van der Waals surface area contributed by atoms with Gasteiger partial charge in [-0.2, -0.15) is 0 Å². The quantitative estimate of drug-likeness (QED) is 0.495. The summed E-state index contributed by atoms with van der Waals surface area (Å²) in [5.74, 6) is -0.0227. The summed E-state index contributed by atoms with van der Waals surface area (Å²) in [5, 5.41) is 9.84. The number of anilines is 1. The Morgan fingerprint density at radius 1 is 1.23 bits per heavy atom. The van der Waals surface area contributed by atoms with E-state index in [-0.39, 0.29) is 5.91 Å². The van der Waals surface area contributed by atoms with Crippen molar-refractivity contribution in [3.63, 3.8) is 0 Å². The predicted molar refractivity (Wildman–Crippen MR) is 113 cm³/mol. The third-order valence-corrected chi connectivity index (χ3v) is 4.70. The smallest absolute Gasteiger partial charge is 0.251 e. The van der Waals surface area contributed by atoms with Crippen molar-refractivity contribution in [3.8, 4) is 0 Å². The number of hydrogen-bond donors (Lipinski definition) is 3. The third kappa shape index (κ3) is 6.30. The highest BCUT2D eigenvalue weighted by atomic mass is 32.1. The Balaban J connectivity index is 1.99. The van der Waals surface area contributed by atoms with Gasteiger partial charge in [0.05, 0.1) is 0 Å². The first-order valence-electron chi connectivity index (χ1n) is 9.17. The van der Waals surface area contributed by atoms with E-state index in [0.29, 0.717) is 23.1 Å². The molecule has 1 aliphatic carbocycles. The molecular weight excluding hydrogens is 342 g/mol. The third-order valence-electron chi connectivity index (χ3n) is 4.49. The van der Waals surface area contributed by atoms with Gasteiger partial charge in [-0.05, 0) is 56.6 Å². The Hall–Kier alpha value is -2.14. The van der Waals surface area contributed by atoms with Gasteiger partial charge in [0.2, 0.25) is 0 Å². The molecule has 140 valence electrons. The monoisotopic (exact) mass is 371 g/mol. The first kappa shape index (κ1) is 20.2. The van der Waals surface area contributed by atoms with E-state index in [4.69, 9.17) is 12.2 Å². The lowest BCUT2D eigenvalue weighted by Gasteiger charge is -2.23. The normalized spacial score (nSPS) is 14.4. The summed E-state index contributed by atoms with van der Waals surface area (Å²) in [4.78, 5) is 12.6. The molecule has 0 atom stereocenters. The Morgan fingerprint density at radius 2 is 1.92 bits per heavy atom. The van der Waals surface area contributed by atoms with Crippen molar-refractivity contribution < 1.29 is 4.79 Å². The van der Waals surface area contributed by atoms with Gasteiger partial charge in [0.25, 0.3) is 5.91 Å². The first-order valence-corrected chi connectivity index (χ1v) is 9.57. The number of thiocarbonyl (C=S) groups is 1. The number of amides is 1. The fraction of sp³-hybridized carbons (Fsp3) is 0.429. The molecule has 5 heteroatoms. The maximum Gasteiger partial charge on any atom is 0.251 e. The molecule has 0 radical (unpaired) electrons. The number of carbonyl (C=O) groups is 1. The van der Waals surface area contributed by atoms with Crippen molar-refractivity contribution in [3.05, 3.63) is 53.8 Å². The molecule has 2 rings (SSSR count). The lowest BCUT2D eigenvalue weighted by molar-refractivity contribution is 0.0928. The second kappa shape index (κ2) is 9.53. The lowest BCUT2D eigenvalue weighted by Crippen LogP contribution is -2.36. The Morgan fingerprint density at radius 3 is 2.58 bits per heavy atom. The second-order valence-corrected chi connectivity index (χ2v) is 7.56. The van der Waals surface area contributed by atoms with Crippen LogP contribution in [0.1, 0.15) is 61.4 Å². The molecule has 4 nitrogen and oxygen atoms in total. The number of carbonyl (C=O) groups excluding carboxylic acids is 1. The standard InChI is InChI=1S/C21H29N3OS/c1-14(2)12-16(4)22-21(26)24-19-13-17(11-10-15(19)3)20(25)23-18-8-6-5-7-9-18/h10-11,13,18H,1,4-9,12H2,2-3H3,(H,23,25)(H2,22,24,26). The van der Waals surface area contributed by atoms with Crippen LogP contribution < -0.4 is 16.0 Å². The van der Waals surface area contributed by atoms with E-state index in [1.54, 1.807) is 0 Å². The second-order valence-electron chi connectivity index (χ2n) is 7.15. The fourth-order valence-corrected chi connectivity index (χ4v) is 3.39. The molecule has 1 aromatic carbocycles. The van der Waals surface area contributed by atoms with Crippen molar-refractivity contribution >= 4 is 28.9 Å². The molecule has 0 heterocycles. The van der Waals surface area contributed by atoms with Gasteiger partial charge >= 0.3 is 0 Å². The highest BCUT2D eigenvalue weighted by molar-refractivity contribution is 7.80. The van der Waals surface area contributed by atoms with Gasteiger partial charge < -0.3 is 16.0 Å². The summed E-state index contributed by atoms with van der Waals surface area (Å²) in [5.41, 5.74) is 4.30. The zero-order chi connectivity index (χ0) is 19.1. The van der Waals surface area contributed by atoms with Crippen LogP contribution in [0.2, 0.25) is 0 Å². The molecule has 3 N–H and O–H groups in total. The van der Waals surface area contributed by atoms with Crippen LogP contribution in [-0.4, -0.2) is 17.1 Å². The lowest BCUT2D eigenvalue weighted by atomic mass is 9.95. The number of rotatable bonds is 6. The number of nitrogens with one attached hydrogen (secondary N) is 3. The summed E-state index contributed by atoms with van der Waals surface area (Å²) in [6, 6.07) is 5.93. The van der Waals surface area contributed by atoms with Crippen LogP contribution in [0.5, 0.6) is 0 Å². The average Bonchev–Trinajstić information content (AvgIpc) is 2.56. The first-order chi connectivity index (χ1) is 12.3. The van der Waals surface area contributed by atoms with Crippen LogP contribution in [0.25, 0.3) is 0 Å². The molecule has 1 saturated carbocycles. The van der Waals surface area contributed by atoms with Crippen molar-refractivity contribution in [2.24, 2.45) is 0 Å². The Bertz CT molecular complexity index is 705. The molecule has 0 spiro atoms. The van der Waals surface area contributed by atoms with Crippen LogP contribution in [-0.2, 0) is 0 Å². The number of hydrogen-bond acceptors (Lipinski definition) is 2. The van der Waals surface area contributed by atoms with E-state index in [1.165, 1.54) is 19.3 Å². The number of benzene rings is 1. The number of aryl methyl sites for hydroxylation is 1. The minimum Gasteiger partial charge on any atom is -0.349 e. The Labute approximate surface area is 162 Å². The summed E-state index contributed by atoms with van der Waals surface area (Å²) < 4.78 is 0. The van der Waals surface area contributed by atoms with Gasteiger partial charge in [-0.15, -0.1) is 0 Å². The zero-order valence-electron chi connectivity index (χ0n) is 15.8. The summed E-state index contributed by atoms with van der Waals surface area (Å²) >= 11 is 5.35. The van der Waals surface area contributed by atoms with Crippen molar-refractivity contribution in [2.45, 2.75) is 58.4 Å². The van der Waals surface area contributed by atoms with E-state index in [0.717, 1.165) is 35.4 Å². The van der Waals surface area contributed by atoms with Crippen LogP contribution in [0, 0.1) is 6.92 Å².